The molecule has 0 spiro atoms. The van der Waals surface area contributed by atoms with Gasteiger partial charge in [-0.15, -0.1) is 0 Å². The second-order valence-corrected chi connectivity index (χ2v) is 13.5. The zero-order chi connectivity index (χ0) is 30.3. The molecule has 0 radical (unpaired) electrons. The zero-order valence-electron chi connectivity index (χ0n) is 23.9. The Balaban J connectivity index is 1.67. The maximum Gasteiger partial charge on any atom is 0.264 e. The van der Waals surface area contributed by atoms with Crippen molar-refractivity contribution in [2.75, 3.05) is 17.4 Å². The van der Waals surface area contributed by atoms with E-state index < -0.39 is 28.5 Å². The van der Waals surface area contributed by atoms with Gasteiger partial charge >= 0.3 is 0 Å². The third kappa shape index (κ3) is 8.06. The van der Waals surface area contributed by atoms with Gasteiger partial charge in [0.2, 0.25) is 11.8 Å². The minimum atomic E-state index is -4.23. The zero-order valence-corrected chi connectivity index (χ0v) is 26.3. The lowest BCUT2D eigenvalue weighted by atomic mass is 9.95. The number of rotatable bonds is 11. The van der Waals surface area contributed by atoms with Crippen LogP contribution in [0.2, 0.25) is 10.0 Å². The van der Waals surface area contributed by atoms with E-state index in [9.17, 15) is 18.0 Å². The lowest BCUT2D eigenvalue weighted by Gasteiger charge is -2.33. The van der Waals surface area contributed by atoms with Crippen LogP contribution in [0.3, 0.4) is 0 Å². The third-order valence-electron chi connectivity index (χ3n) is 7.67. The van der Waals surface area contributed by atoms with Crippen LogP contribution in [0.15, 0.2) is 77.7 Å². The number of benzene rings is 3. The summed E-state index contributed by atoms with van der Waals surface area (Å²) in [7, 11) is -4.23. The first-order valence-corrected chi connectivity index (χ1v) is 16.4. The molecule has 1 fully saturated rings. The number of sulfonamides is 1. The Morgan fingerprint density at radius 1 is 0.952 bits per heavy atom. The largest absolute Gasteiger partial charge is 0.352 e. The molecule has 0 unspecified atom stereocenters. The highest BCUT2D eigenvalue weighted by atomic mass is 35.5. The number of aryl methyl sites for hydroxylation is 1. The van der Waals surface area contributed by atoms with E-state index in [1.54, 1.807) is 25.1 Å². The standard InChI is InChI=1S/C32H37Cl2N3O4S/c1-23-13-16-28(17-14-23)42(40,41)37(30-21-26(33)15-18-29(30)34)22-31(38)36(20-19-25-9-5-3-6-10-25)24(2)32(39)35-27-11-7-4-8-12-27/h3,5-6,9-10,13-18,21,24,27H,4,7-8,11-12,19-20,22H2,1-2H3,(H,35,39)/t24-/m0/s1. The minimum absolute atomic E-state index is 0.0101. The molecule has 4 rings (SSSR count). The lowest BCUT2D eigenvalue weighted by Crippen LogP contribution is -2.53. The fraction of sp³-hybridized carbons (Fsp3) is 0.375. The van der Waals surface area contributed by atoms with Gasteiger partial charge in [0.15, 0.2) is 0 Å². The number of halogens is 2. The molecular weight excluding hydrogens is 593 g/mol. The monoisotopic (exact) mass is 629 g/mol. The molecule has 2 amide bonds. The predicted octanol–water partition coefficient (Wildman–Crippen LogP) is 6.41. The molecule has 3 aromatic rings. The molecular formula is C32H37Cl2N3O4S. The molecule has 1 atom stereocenters. The van der Waals surface area contributed by atoms with Gasteiger partial charge in [-0.3, -0.25) is 13.9 Å². The van der Waals surface area contributed by atoms with Crippen LogP contribution < -0.4 is 9.62 Å². The number of anilines is 1. The third-order valence-corrected chi connectivity index (χ3v) is 10.00. The summed E-state index contributed by atoms with van der Waals surface area (Å²) in [6, 6.07) is 19.7. The van der Waals surface area contributed by atoms with Crippen molar-refractivity contribution in [3.05, 3.63) is 94.0 Å². The summed E-state index contributed by atoms with van der Waals surface area (Å²) in [4.78, 5) is 28.9. The predicted molar refractivity (Wildman–Crippen MR) is 169 cm³/mol. The number of nitrogens with zero attached hydrogens (tertiary/aromatic N) is 2. The van der Waals surface area contributed by atoms with Crippen molar-refractivity contribution in [3.63, 3.8) is 0 Å². The number of amides is 2. The van der Waals surface area contributed by atoms with Crippen molar-refractivity contribution in [2.45, 2.75) is 69.4 Å². The molecule has 224 valence electrons. The van der Waals surface area contributed by atoms with Crippen LogP contribution >= 0.6 is 23.2 Å². The molecule has 1 saturated carbocycles. The van der Waals surface area contributed by atoms with Crippen LogP contribution in [-0.4, -0.2) is 50.3 Å². The molecule has 1 N–H and O–H groups in total. The first-order valence-electron chi connectivity index (χ1n) is 14.2. The van der Waals surface area contributed by atoms with Crippen LogP contribution in [0.5, 0.6) is 0 Å². The Hall–Kier alpha value is -3.07. The maximum atomic E-state index is 14.1. The van der Waals surface area contributed by atoms with Crippen LogP contribution in [0.25, 0.3) is 0 Å². The quantitative estimate of drug-likeness (QED) is 0.266. The van der Waals surface area contributed by atoms with E-state index in [-0.39, 0.29) is 39.1 Å². The highest BCUT2D eigenvalue weighted by molar-refractivity contribution is 7.92. The van der Waals surface area contributed by atoms with Gasteiger partial charge in [0, 0.05) is 17.6 Å². The molecule has 1 aliphatic carbocycles. The van der Waals surface area contributed by atoms with Gasteiger partial charge in [-0.25, -0.2) is 8.42 Å². The van der Waals surface area contributed by atoms with E-state index >= 15 is 0 Å². The topological polar surface area (TPSA) is 86.8 Å². The van der Waals surface area contributed by atoms with Gasteiger partial charge < -0.3 is 10.2 Å². The Bertz CT molecular complexity index is 1480. The first kappa shape index (κ1) is 31.9. The summed E-state index contributed by atoms with van der Waals surface area (Å²) >= 11 is 12.7. The highest BCUT2D eigenvalue weighted by Gasteiger charge is 2.34. The Kier molecular flexibility index (Phi) is 10.9. The summed E-state index contributed by atoms with van der Waals surface area (Å²) in [6.45, 7) is 3.21. The van der Waals surface area contributed by atoms with Gasteiger partial charge in [-0.1, -0.05) is 90.5 Å². The fourth-order valence-electron chi connectivity index (χ4n) is 5.17. The molecule has 0 aromatic heterocycles. The molecule has 0 bridgehead atoms. The normalized spacial score (nSPS) is 14.7. The second-order valence-electron chi connectivity index (χ2n) is 10.8. The van der Waals surface area contributed by atoms with Gasteiger partial charge in [0.05, 0.1) is 15.6 Å². The second kappa shape index (κ2) is 14.4. The van der Waals surface area contributed by atoms with Crippen LogP contribution in [0, 0.1) is 6.92 Å². The smallest absolute Gasteiger partial charge is 0.264 e. The van der Waals surface area contributed by atoms with E-state index in [4.69, 9.17) is 23.2 Å². The Morgan fingerprint density at radius 3 is 2.29 bits per heavy atom. The van der Waals surface area contributed by atoms with Crippen molar-refractivity contribution in [1.82, 2.24) is 10.2 Å². The SMILES string of the molecule is Cc1ccc(S(=O)(=O)N(CC(=O)N(CCc2ccccc2)[C@@H](C)C(=O)NC2CCCCC2)c2cc(Cl)ccc2Cl)cc1. The van der Waals surface area contributed by atoms with Crippen molar-refractivity contribution < 1.29 is 18.0 Å². The van der Waals surface area contributed by atoms with Gasteiger partial charge in [-0.2, -0.15) is 0 Å². The average Bonchev–Trinajstić information content (AvgIpc) is 2.98. The summed E-state index contributed by atoms with van der Waals surface area (Å²) < 4.78 is 29.0. The number of hydrogen-bond acceptors (Lipinski definition) is 4. The van der Waals surface area contributed by atoms with E-state index in [2.05, 4.69) is 5.32 Å². The fourth-order valence-corrected chi connectivity index (χ4v) is 7.03. The lowest BCUT2D eigenvalue weighted by molar-refractivity contribution is -0.139. The number of nitrogens with one attached hydrogen (secondary N) is 1. The van der Waals surface area contributed by atoms with Crippen molar-refractivity contribution in [1.29, 1.82) is 0 Å². The summed E-state index contributed by atoms with van der Waals surface area (Å²) in [6.07, 6.45) is 5.58. The molecule has 10 heteroatoms. The van der Waals surface area contributed by atoms with E-state index in [1.807, 2.05) is 37.3 Å². The molecule has 7 nitrogen and oxygen atoms in total. The van der Waals surface area contributed by atoms with Crippen LogP contribution in [0.4, 0.5) is 5.69 Å². The van der Waals surface area contributed by atoms with Crippen molar-refractivity contribution >= 4 is 50.7 Å². The molecule has 0 saturated heterocycles. The molecule has 0 heterocycles. The van der Waals surface area contributed by atoms with E-state index in [0.29, 0.717) is 6.42 Å². The maximum absolute atomic E-state index is 14.1. The summed E-state index contributed by atoms with van der Waals surface area (Å²) in [5.74, 6) is -0.777. The number of carbonyl (C=O) groups is 2. The van der Waals surface area contributed by atoms with Crippen LogP contribution in [0.1, 0.15) is 50.2 Å². The number of hydrogen-bond donors (Lipinski definition) is 1. The van der Waals surface area contributed by atoms with Gasteiger partial charge in [0.1, 0.15) is 12.6 Å². The first-order chi connectivity index (χ1) is 20.1. The molecule has 42 heavy (non-hydrogen) atoms. The Labute approximate surface area is 258 Å². The molecule has 0 aliphatic heterocycles. The van der Waals surface area contributed by atoms with E-state index in [1.165, 1.54) is 29.2 Å². The van der Waals surface area contributed by atoms with Crippen molar-refractivity contribution in [2.24, 2.45) is 0 Å². The summed E-state index contributed by atoms with van der Waals surface area (Å²) in [5, 5.41) is 3.51. The van der Waals surface area contributed by atoms with Gasteiger partial charge in [0.25, 0.3) is 10.0 Å². The summed E-state index contributed by atoms with van der Waals surface area (Å²) in [5.41, 5.74) is 1.97. The van der Waals surface area contributed by atoms with Gasteiger partial charge in [-0.05, 0) is 69.0 Å². The Morgan fingerprint density at radius 2 is 1.62 bits per heavy atom. The molecule has 1 aliphatic rings. The average molecular weight is 631 g/mol. The van der Waals surface area contributed by atoms with Crippen molar-refractivity contribution in [3.8, 4) is 0 Å². The minimum Gasteiger partial charge on any atom is -0.352 e. The van der Waals surface area contributed by atoms with E-state index in [0.717, 1.165) is 47.5 Å². The highest BCUT2D eigenvalue weighted by Crippen LogP contribution is 2.33. The number of carbonyl (C=O) groups excluding carboxylic acids is 2. The molecule has 3 aromatic carbocycles. The van der Waals surface area contributed by atoms with Crippen LogP contribution in [-0.2, 0) is 26.0 Å².